The molecule has 10 nitrogen and oxygen atoms in total. The summed E-state index contributed by atoms with van der Waals surface area (Å²) in [5, 5.41) is 11.1. The lowest BCUT2D eigenvalue weighted by atomic mass is 10.2. The highest BCUT2D eigenvalue weighted by Gasteiger charge is 2.28. The van der Waals surface area contributed by atoms with Gasteiger partial charge in [0.1, 0.15) is 5.75 Å². The second kappa shape index (κ2) is 9.03. The smallest absolute Gasteiger partial charge is 0.305 e. The molecule has 0 aliphatic rings. The Morgan fingerprint density at radius 1 is 1.22 bits per heavy atom. The summed E-state index contributed by atoms with van der Waals surface area (Å²) >= 11 is 0. The summed E-state index contributed by atoms with van der Waals surface area (Å²) in [6.45, 7) is -0.0674. The largest absolute Gasteiger partial charge is 0.469 e. The number of nitrogens with zero attached hydrogens (tertiary/aromatic N) is 4. The second-order valence-corrected chi connectivity index (χ2v) is 7.34. The number of methoxy groups -OCH3 is 1. The van der Waals surface area contributed by atoms with Crippen molar-refractivity contribution in [2.75, 3.05) is 18.0 Å². The Kier molecular flexibility index (Phi) is 6.77. The fourth-order valence-electron chi connectivity index (χ4n) is 2.34. The first-order chi connectivity index (χ1) is 12.8. The number of ether oxygens (including phenoxy) is 1. The molecular weight excluding hydrogens is 376 g/mol. The van der Waals surface area contributed by atoms with Gasteiger partial charge in [-0.1, -0.05) is 18.2 Å². The molecule has 0 aliphatic carbocycles. The predicted octanol–water partition coefficient (Wildman–Crippen LogP) is 1.67. The molecule has 0 spiro atoms. The Morgan fingerprint density at radius 2 is 1.89 bits per heavy atom. The SMILES string of the molecule is COC(=O)CCCN(c1ncccn1)S(=O)(=O)Cc1ccccc1[N+](=O)[O-]. The zero-order valence-electron chi connectivity index (χ0n) is 14.5. The summed E-state index contributed by atoms with van der Waals surface area (Å²) in [7, 11) is -2.80. The highest BCUT2D eigenvalue weighted by molar-refractivity contribution is 7.92. The van der Waals surface area contributed by atoms with Crippen LogP contribution in [0, 0.1) is 10.1 Å². The Balaban J connectivity index is 2.30. The lowest BCUT2D eigenvalue weighted by Gasteiger charge is -2.22. The van der Waals surface area contributed by atoms with Crippen molar-refractivity contribution in [3.63, 3.8) is 0 Å². The molecule has 27 heavy (non-hydrogen) atoms. The van der Waals surface area contributed by atoms with Crippen molar-refractivity contribution < 1.29 is 22.9 Å². The molecule has 144 valence electrons. The van der Waals surface area contributed by atoms with E-state index in [0.29, 0.717) is 0 Å². The molecule has 11 heteroatoms. The third-order valence-electron chi connectivity index (χ3n) is 3.61. The zero-order valence-corrected chi connectivity index (χ0v) is 15.3. The molecule has 0 saturated heterocycles. The number of para-hydroxylation sites is 1. The van der Waals surface area contributed by atoms with Gasteiger partial charge in [0.2, 0.25) is 16.0 Å². The molecule has 0 atom stereocenters. The minimum atomic E-state index is -4.04. The normalized spacial score (nSPS) is 11.0. The van der Waals surface area contributed by atoms with Crippen LogP contribution in [0.15, 0.2) is 42.7 Å². The van der Waals surface area contributed by atoms with Crippen LogP contribution in [0.5, 0.6) is 0 Å². The van der Waals surface area contributed by atoms with E-state index in [1.165, 1.54) is 49.8 Å². The van der Waals surface area contributed by atoms with Gasteiger partial charge in [0.25, 0.3) is 5.69 Å². The maximum atomic E-state index is 12.9. The van der Waals surface area contributed by atoms with Crippen molar-refractivity contribution in [3.05, 3.63) is 58.4 Å². The molecule has 0 unspecified atom stereocenters. The summed E-state index contributed by atoms with van der Waals surface area (Å²) in [6.07, 6.45) is 2.97. The van der Waals surface area contributed by atoms with Crippen LogP contribution in [0.3, 0.4) is 0 Å². The minimum Gasteiger partial charge on any atom is -0.469 e. The molecule has 0 bridgehead atoms. The first-order valence-electron chi connectivity index (χ1n) is 7.91. The minimum absolute atomic E-state index is 0.0147. The summed E-state index contributed by atoms with van der Waals surface area (Å²) in [6, 6.07) is 7.14. The molecule has 0 N–H and O–H groups in total. The van der Waals surface area contributed by atoms with Gasteiger partial charge in [-0.2, -0.15) is 0 Å². The van der Waals surface area contributed by atoms with E-state index in [9.17, 15) is 23.3 Å². The van der Waals surface area contributed by atoms with Gasteiger partial charge >= 0.3 is 5.97 Å². The topological polar surface area (TPSA) is 133 Å². The summed E-state index contributed by atoms with van der Waals surface area (Å²) in [5.41, 5.74) is -0.235. The summed E-state index contributed by atoms with van der Waals surface area (Å²) in [4.78, 5) is 29.7. The van der Waals surface area contributed by atoms with Crippen LogP contribution in [-0.4, -0.2) is 42.9 Å². The van der Waals surface area contributed by atoms with Crippen LogP contribution in [-0.2, 0) is 25.3 Å². The van der Waals surface area contributed by atoms with E-state index in [1.807, 2.05) is 0 Å². The quantitative estimate of drug-likeness (QED) is 0.356. The van der Waals surface area contributed by atoms with Gasteiger partial charge in [-0.15, -0.1) is 0 Å². The van der Waals surface area contributed by atoms with Crippen LogP contribution in [0.4, 0.5) is 11.6 Å². The molecule has 1 heterocycles. The molecule has 0 saturated carbocycles. The highest BCUT2D eigenvalue weighted by atomic mass is 32.2. The van der Waals surface area contributed by atoms with E-state index in [-0.39, 0.29) is 36.6 Å². The molecular formula is C16H18N4O6S. The number of sulfonamides is 1. The Bertz CT molecular complexity index is 904. The average molecular weight is 394 g/mol. The van der Waals surface area contributed by atoms with Crippen molar-refractivity contribution in [2.45, 2.75) is 18.6 Å². The number of esters is 1. The van der Waals surface area contributed by atoms with Crippen molar-refractivity contribution in [1.29, 1.82) is 0 Å². The van der Waals surface area contributed by atoms with Crippen molar-refractivity contribution in [3.8, 4) is 0 Å². The van der Waals surface area contributed by atoms with E-state index in [2.05, 4.69) is 14.7 Å². The van der Waals surface area contributed by atoms with E-state index in [4.69, 9.17) is 0 Å². The lowest BCUT2D eigenvalue weighted by molar-refractivity contribution is -0.385. The Labute approximate surface area is 156 Å². The molecule has 1 aromatic carbocycles. The van der Waals surface area contributed by atoms with Gasteiger partial charge in [-0.3, -0.25) is 14.9 Å². The van der Waals surface area contributed by atoms with Crippen molar-refractivity contribution in [1.82, 2.24) is 9.97 Å². The number of nitro groups is 1. The Hall–Kier alpha value is -3.08. The fraction of sp³-hybridized carbons (Fsp3) is 0.312. The maximum Gasteiger partial charge on any atom is 0.305 e. The van der Waals surface area contributed by atoms with Crippen LogP contribution in [0.1, 0.15) is 18.4 Å². The number of carbonyl (C=O) groups excluding carboxylic acids is 1. The molecule has 0 amide bonds. The first kappa shape index (κ1) is 20.2. The third kappa shape index (κ3) is 5.45. The molecule has 0 aliphatic heterocycles. The van der Waals surface area contributed by atoms with Crippen molar-refractivity contribution >= 4 is 27.6 Å². The molecule has 2 aromatic rings. The van der Waals surface area contributed by atoms with Crippen molar-refractivity contribution in [2.24, 2.45) is 0 Å². The molecule has 2 rings (SSSR count). The van der Waals surface area contributed by atoms with Gasteiger partial charge in [-0.05, 0) is 12.5 Å². The predicted molar refractivity (Wildman–Crippen MR) is 96.3 cm³/mol. The van der Waals surface area contributed by atoms with Gasteiger partial charge in [-0.25, -0.2) is 22.7 Å². The first-order valence-corrected chi connectivity index (χ1v) is 9.52. The zero-order chi connectivity index (χ0) is 19.9. The van der Waals surface area contributed by atoms with Crippen LogP contribution in [0.25, 0.3) is 0 Å². The Morgan fingerprint density at radius 3 is 2.52 bits per heavy atom. The number of nitro benzene ring substituents is 1. The van der Waals surface area contributed by atoms with E-state index in [1.54, 1.807) is 0 Å². The highest BCUT2D eigenvalue weighted by Crippen LogP contribution is 2.23. The fourth-order valence-corrected chi connectivity index (χ4v) is 3.88. The summed E-state index contributed by atoms with van der Waals surface area (Å²) < 4.78 is 31.4. The average Bonchev–Trinajstić information content (AvgIpc) is 2.65. The summed E-state index contributed by atoms with van der Waals surface area (Å²) in [5.74, 6) is -1.14. The molecule has 0 radical (unpaired) electrons. The van der Waals surface area contributed by atoms with Crippen LogP contribution in [0.2, 0.25) is 0 Å². The number of anilines is 1. The van der Waals surface area contributed by atoms with Gasteiger partial charge in [0.05, 0.1) is 12.0 Å². The van der Waals surface area contributed by atoms with Gasteiger partial charge in [0.15, 0.2) is 0 Å². The molecule has 1 aromatic heterocycles. The van der Waals surface area contributed by atoms with E-state index < -0.39 is 26.7 Å². The number of benzene rings is 1. The number of carbonyl (C=O) groups is 1. The lowest BCUT2D eigenvalue weighted by Crippen LogP contribution is -2.34. The van der Waals surface area contributed by atoms with Gasteiger partial charge in [0, 0.05) is 37.0 Å². The number of aromatic nitrogens is 2. The van der Waals surface area contributed by atoms with Gasteiger partial charge < -0.3 is 4.74 Å². The van der Waals surface area contributed by atoms with E-state index in [0.717, 1.165) is 4.31 Å². The molecule has 0 fully saturated rings. The number of hydrogen-bond acceptors (Lipinski definition) is 8. The van der Waals surface area contributed by atoms with Crippen LogP contribution < -0.4 is 4.31 Å². The van der Waals surface area contributed by atoms with Crippen LogP contribution >= 0.6 is 0 Å². The number of hydrogen-bond donors (Lipinski definition) is 0. The van der Waals surface area contributed by atoms with E-state index >= 15 is 0 Å². The number of rotatable bonds is 9. The maximum absolute atomic E-state index is 12.9. The third-order valence-corrected chi connectivity index (χ3v) is 5.30. The standard InChI is InChI=1S/C16H18N4O6S/c1-26-15(21)8-4-11-19(16-17-9-5-10-18-16)27(24,25)12-13-6-2-3-7-14(13)20(22)23/h2-3,5-7,9-10H,4,8,11-12H2,1H3. The second-order valence-electron chi connectivity index (χ2n) is 5.44. The monoisotopic (exact) mass is 394 g/mol.